The molecule has 5 rings (SSSR count). The Hall–Kier alpha value is -3.98. The van der Waals surface area contributed by atoms with Gasteiger partial charge in [0.15, 0.2) is 5.12 Å². The highest BCUT2D eigenvalue weighted by atomic mass is 32.2. The van der Waals surface area contributed by atoms with E-state index in [1.54, 1.807) is 18.5 Å². The topological polar surface area (TPSA) is 117 Å². The van der Waals surface area contributed by atoms with Gasteiger partial charge < -0.3 is 15.3 Å². The molecule has 3 heterocycles. The number of rotatable bonds is 8. The monoisotopic (exact) mass is 557 g/mol. The lowest BCUT2D eigenvalue weighted by Gasteiger charge is -2.40. The van der Waals surface area contributed by atoms with E-state index in [0.717, 1.165) is 34.0 Å². The van der Waals surface area contributed by atoms with Crippen LogP contribution in [0, 0.1) is 0 Å². The minimum Gasteiger partial charge on any atom is -0.480 e. The van der Waals surface area contributed by atoms with Crippen molar-refractivity contribution in [2.24, 2.45) is 0 Å². The van der Waals surface area contributed by atoms with Gasteiger partial charge in [0.1, 0.15) is 12.1 Å². The fourth-order valence-corrected chi connectivity index (χ4v) is 6.67. The number of fused-ring (bicyclic) bond motifs is 3. The Kier molecular flexibility index (Phi) is 8.60. The van der Waals surface area contributed by atoms with Crippen LogP contribution in [0.5, 0.6) is 0 Å². The van der Waals surface area contributed by atoms with Gasteiger partial charge in [-0.2, -0.15) is 0 Å². The van der Waals surface area contributed by atoms with Gasteiger partial charge in [0.2, 0.25) is 11.8 Å². The van der Waals surface area contributed by atoms with Gasteiger partial charge in [0.25, 0.3) is 0 Å². The van der Waals surface area contributed by atoms with Crippen molar-refractivity contribution in [3.63, 3.8) is 0 Å². The molecule has 2 aliphatic heterocycles. The number of amides is 2. The number of nitrogens with one attached hydrogen (secondary N) is 1. The van der Waals surface area contributed by atoms with Gasteiger partial charge in [0, 0.05) is 25.2 Å². The second kappa shape index (κ2) is 12.5. The second-order valence-electron chi connectivity index (χ2n) is 10.2. The number of hydrogen-bond donors (Lipinski definition) is 2. The Balaban J connectivity index is 1.40. The SMILES string of the molecule is O=C(Cc1cccnc1)S[C@@H](Cc1ccccc1)C(=O)N[C@H]1Cc2ccccc2[C@H]2CCC[C@@H](C(=O)O)N2C1=O. The molecule has 9 heteroatoms. The van der Waals surface area contributed by atoms with E-state index in [-0.39, 0.29) is 24.0 Å². The molecule has 0 spiro atoms. The van der Waals surface area contributed by atoms with Crippen LogP contribution in [0.1, 0.15) is 47.6 Å². The molecule has 1 aromatic heterocycles. The smallest absolute Gasteiger partial charge is 0.326 e. The zero-order chi connectivity index (χ0) is 28.1. The number of pyridine rings is 1. The van der Waals surface area contributed by atoms with Crippen LogP contribution in [0.25, 0.3) is 0 Å². The van der Waals surface area contributed by atoms with Crippen LogP contribution in [0.2, 0.25) is 0 Å². The predicted octanol–water partition coefficient (Wildman–Crippen LogP) is 3.74. The van der Waals surface area contributed by atoms with Gasteiger partial charge >= 0.3 is 5.97 Å². The quantitative estimate of drug-likeness (QED) is 0.433. The minimum absolute atomic E-state index is 0.128. The third-order valence-corrected chi connectivity index (χ3v) is 8.59. The average molecular weight is 558 g/mol. The molecule has 2 aromatic carbocycles. The zero-order valence-corrected chi connectivity index (χ0v) is 22.8. The van der Waals surface area contributed by atoms with Crippen molar-refractivity contribution in [1.29, 1.82) is 0 Å². The zero-order valence-electron chi connectivity index (χ0n) is 21.9. The summed E-state index contributed by atoms with van der Waals surface area (Å²) in [5.41, 5.74) is 3.49. The summed E-state index contributed by atoms with van der Waals surface area (Å²) >= 11 is 0.954. The summed E-state index contributed by atoms with van der Waals surface area (Å²) in [7, 11) is 0. The Labute approximate surface area is 237 Å². The van der Waals surface area contributed by atoms with Crippen molar-refractivity contribution in [2.75, 3.05) is 0 Å². The van der Waals surface area contributed by atoms with Crippen molar-refractivity contribution in [3.05, 3.63) is 101 Å². The fourth-order valence-electron chi connectivity index (χ4n) is 5.65. The lowest BCUT2D eigenvalue weighted by atomic mass is 9.89. The lowest BCUT2D eigenvalue weighted by Crippen LogP contribution is -2.56. The number of nitrogens with zero attached hydrogens (tertiary/aromatic N) is 2. The molecule has 2 aliphatic rings. The van der Waals surface area contributed by atoms with Crippen LogP contribution < -0.4 is 5.32 Å². The van der Waals surface area contributed by atoms with Gasteiger partial charge in [-0.25, -0.2) is 4.79 Å². The van der Waals surface area contributed by atoms with Crippen molar-refractivity contribution in [2.45, 2.75) is 61.9 Å². The Morgan fingerprint density at radius 3 is 2.50 bits per heavy atom. The maximum absolute atomic E-state index is 13.9. The molecule has 1 saturated heterocycles. The molecule has 2 amide bonds. The third kappa shape index (κ3) is 6.25. The van der Waals surface area contributed by atoms with E-state index in [0.29, 0.717) is 25.7 Å². The number of carboxylic acids is 1. The minimum atomic E-state index is -1.04. The van der Waals surface area contributed by atoms with Crippen LogP contribution in [0.4, 0.5) is 0 Å². The number of carbonyl (C=O) groups excluding carboxylic acids is 3. The number of hydrogen-bond acceptors (Lipinski definition) is 6. The molecule has 8 nitrogen and oxygen atoms in total. The van der Waals surface area contributed by atoms with E-state index in [4.69, 9.17) is 0 Å². The fraction of sp³-hybridized carbons (Fsp3) is 0.323. The Morgan fingerprint density at radius 1 is 1.00 bits per heavy atom. The number of thioether (sulfide) groups is 1. The summed E-state index contributed by atoms with van der Waals surface area (Å²) in [5, 5.41) is 11.9. The van der Waals surface area contributed by atoms with E-state index < -0.39 is 35.1 Å². The van der Waals surface area contributed by atoms with Gasteiger partial charge in [0.05, 0.1) is 11.3 Å². The number of carboxylic acid groups (broad SMARTS) is 1. The molecule has 3 aromatic rings. The number of aromatic nitrogens is 1. The molecule has 2 N–H and O–H groups in total. The molecule has 40 heavy (non-hydrogen) atoms. The third-order valence-electron chi connectivity index (χ3n) is 7.52. The normalized spacial score (nSPS) is 20.9. The van der Waals surface area contributed by atoms with Gasteiger partial charge in [-0.15, -0.1) is 0 Å². The standard InChI is InChI=1S/C31H31N3O5S/c35-28(17-21-10-7-15-32-19-21)40-27(16-20-8-2-1-3-9-20)29(36)33-24-18-22-11-4-5-12-23(22)25-13-6-14-26(31(38)39)34(25)30(24)37/h1-5,7-12,15,19,24-27H,6,13-14,16-18H2,(H,33,36)(H,38,39)/t24-,25+,26-,27-/m0/s1. The first-order chi connectivity index (χ1) is 19.4. The largest absolute Gasteiger partial charge is 0.480 e. The van der Waals surface area contributed by atoms with Crippen LogP contribution in [-0.4, -0.2) is 55.2 Å². The average Bonchev–Trinajstić information content (AvgIpc) is 3.08. The first-order valence-corrected chi connectivity index (χ1v) is 14.3. The maximum atomic E-state index is 13.9. The molecule has 0 unspecified atom stereocenters. The Bertz CT molecular complexity index is 1380. The van der Waals surface area contributed by atoms with E-state index in [2.05, 4.69) is 10.3 Å². The summed E-state index contributed by atoms with van der Waals surface area (Å²) in [6, 6.07) is 18.4. The molecule has 206 valence electrons. The van der Waals surface area contributed by atoms with Crippen molar-refractivity contribution in [3.8, 4) is 0 Å². The summed E-state index contributed by atoms with van der Waals surface area (Å²) in [6.45, 7) is 0. The molecule has 1 fully saturated rings. The molecule has 4 atom stereocenters. The van der Waals surface area contributed by atoms with Crippen molar-refractivity contribution < 1.29 is 24.3 Å². The molecular formula is C31H31N3O5S. The lowest BCUT2D eigenvalue weighted by molar-refractivity contribution is -0.156. The van der Waals surface area contributed by atoms with Gasteiger partial charge in [-0.1, -0.05) is 72.4 Å². The number of piperidine rings is 1. The van der Waals surface area contributed by atoms with Crippen LogP contribution in [0.15, 0.2) is 79.1 Å². The first kappa shape index (κ1) is 27.6. The molecule has 0 saturated carbocycles. The van der Waals surface area contributed by atoms with Crippen LogP contribution in [0.3, 0.4) is 0 Å². The van der Waals surface area contributed by atoms with E-state index >= 15 is 0 Å². The summed E-state index contributed by atoms with van der Waals surface area (Å²) in [4.78, 5) is 58.4. The van der Waals surface area contributed by atoms with Gasteiger partial charge in [-0.05, 0) is 54.0 Å². The van der Waals surface area contributed by atoms with E-state index in [1.807, 2.05) is 60.7 Å². The summed E-state index contributed by atoms with van der Waals surface area (Å²) in [6.07, 6.45) is 5.69. The van der Waals surface area contributed by atoms with E-state index in [1.165, 1.54) is 4.90 Å². The van der Waals surface area contributed by atoms with Crippen molar-refractivity contribution in [1.82, 2.24) is 15.2 Å². The maximum Gasteiger partial charge on any atom is 0.326 e. The Morgan fingerprint density at radius 2 is 1.75 bits per heavy atom. The highest BCUT2D eigenvalue weighted by Gasteiger charge is 2.44. The molecule has 0 bridgehead atoms. The summed E-state index contributed by atoms with van der Waals surface area (Å²) in [5.74, 6) is -1.86. The second-order valence-corrected chi connectivity index (χ2v) is 11.5. The van der Waals surface area contributed by atoms with Crippen LogP contribution >= 0.6 is 11.8 Å². The van der Waals surface area contributed by atoms with Crippen molar-refractivity contribution >= 4 is 34.7 Å². The number of carbonyl (C=O) groups is 4. The molecular weight excluding hydrogens is 526 g/mol. The molecule has 0 aliphatic carbocycles. The van der Waals surface area contributed by atoms with Gasteiger partial charge in [-0.3, -0.25) is 19.4 Å². The highest BCUT2D eigenvalue weighted by Crippen LogP contribution is 2.39. The van der Waals surface area contributed by atoms with Crippen LogP contribution in [-0.2, 0) is 38.4 Å². The predicted molar refractivity (Wildman–Crippen MR) is 151 cm³/mol. The number of benzene rings is 2. The number of aliphatic carboxylic acids is 1. The van der Waals surface area contributed by atoms with E-state index in [9.17, 15) is 24.3 Å². The highest BCUT2D eigenvalue weighted by molar-refractivity contribution is 8.14. The molecule has 0 radical (unpaired) electrons. The first-order valence-electron chi connectivity index (χ1n) is 13.5. The summed E-state index contributed by atoms with van der Waals surface area (Å²) < 4.78 is 0.